The van der Waals surface area contributed by atoms with Gasteiger partial charge in [-0.1, -0.05) is 135 Å². The van der Waals surface area contributed by atoms with E-state index in [9.17, 15) is 0 Å². The molecule has 0 aliphatic rings. The highest BCUT2D eigenvalue weighted by Crippen LogP contribution is 2.47. The number of benzene rings is 4. The van der Waals surface area contributed by atoms with Crippen molar-refractivity contribution >= 4 is 37.1 Å². The Morgan fingerprint density at radius 1 is 0.419 bits per heavy atom. The lowest BCUT2D eigenvalue weighted by molar-refractivity contribution is 0.793. The molecule has 0 bridgehead atoms. The van der Waals surface area contributed by atoms with Crippen LogP contribution in [0, 0.1) is 0 Å². The van der Waals surface area contributed by atoms with Gasteiger partial charge in [-0.3, -0.25) is 0 Å². The Bertz CT molecular complexity index is 867. The van der Waals surface area contributed by atoms with E-state index in [-0.39, 0.29) is 0 Å². The molecule has 0 saturated heterocycles. The SMILES string of the molecule is CC(C[C@@H](C)P(c1ccccc1)c1ccccc1)P(c1ccccc1)c1ccccc1. The Kier molecular flexibility index (Phi) is 7.69. The molecule has 4 aromatic rings. The van der Waals surface area contributed by atoms with E-state index < -0.39 is 15.8 Å². The summed E-state index contributed by atoms with van der Waals surface area (Å²) >= 11 is 0. The van der Waals surface area contributed by atoms with E-state index in [4.69, 9.17) is 0 Å². The smallest absolute Gasteiger partial charge is 0.0151 e. The molecule has 0 heterocycles. The number of rotatable bonds is 8. The molecule has 0 nitrogen and oxygen atoms in total. The molecule has 0 amide bonds. The molecule has 4 rings (SSSR count). The first-order chi connectivity index (χ1) is 15.2. The lowest BCUT2D eigenvalue weighted by atomic mass is 10.3. The van der Waals surface area contributed by atoms with Gasteiger partial charge in [-0.25, -0.2) is 0 Å². The van der Waals surface area contributed by atoms with Crippen LogP contribution < -0.4 is 21.2 Å². The second-order valence-electron chi connectivity index (χ2n) is 8.02. The molecule has 0 aliphatic heterocycles. The highest BCUT2D eigenvalue weighted by Gasteiger charge is 2.27. The van der Waals surface area contributed by atoms with Gasteiger partial charge in [0, 0.05) is 0 Å². The van der Waals surface area contributed by atoms with Gasteiger partial charge < -0.3 is 0 Å². The van der Waals surface area contributed by atoms with Gasteiger partial charge in [0.25, 0.3) is 0 Å². The van der Waals surface area contributed by atoms with Gasteiger partial charge in [-0.05, 0) is 54.8 Å². The third kappa shape index (κ3) is 5.51. The molecule has 156 valence electrons. The first-order valence-corrected chi connectivity index (χ1v) is 13.8. The highest BCUT2D eigenvalue weighted by atomic mass is 31.1. The fourth-order valence-corrected chi connectivity index (χ4v) is 10.2. The lowest BCUT2D eigenvalue weighted by Crippen LogP contribution is -2.26. The van der Waals surface area contributed by atoms with Crippen LogP contribution in [0.15, 0.2) is 121 Å². The fraction of sp³-hybridized carbons (Fsp3) is 0.172. The van der Waals surface area contributed by atoms with Crippen LogP contribution in [0.4, 0.5) is 0 Å². The summed E-state index contributed by atoms with van der Waals surface area (Å²) in [6, 6.07) is 44.5. The van der Waals surface area contributed by atoms with E-state index >= 15 is 0 Å². The second-order valence-corrected chi connectivity index (χ2v) is 13.3. The first-order valence-electron chi connectivity index (χ1n) is 11.0. The molecule has 2 heteroatoms. The van der Waals surface area contributed by atoms with Gasteiger partial charge in [-0.15, -0.1) is 0 Å². The zero-order valence-corrected chi connectivity index (χ0v) is 20.1. The summed E-state index contributed by atoms with van der Waals surface area (Å²) in [4.78, 5) is 0. The summed E-state index contributed by atoms with van der Waals surface area (Å²) < 4.78 is 0. The van der Waals surface area contributed by atoms with Crippen LogP contribution in [0.25, 0.3) is 0 Å². The quantitative estimate of drug-likeness (QED) is 0.277. The van der Waals surface area contributed by atoms with E-state index in [1.54, 1.807) is 0 Å². The minimum atomic E-state index is -0.397. The summed E-state index contributed by atoms with van der Waals surface area (Å²) in [6.45, 7) is 4.93. The third-order valence-corrected chi connectivity index (χ3v) is 11.3. The lowest BCUT2D eigenvalue weighted by Gasteiger charge is -2.32. The zero-order valence-electron chi connectivity index (χ0n) is 18.3. The molecular formula is C29H30P2. The molecule has 0 radical (unpaired) electrons. The molecule has 0 saturated carbocycles. The van der Waals surface area contributed by atoms with E-state index in [0.29, 0.717) is 11.3 Å². The molecule has 1 unspecified atom stereocenters. The summed E-state index contributed by atoms with van der Waals surface area (Å²) in [5, 5.41) is 5.92. The average Bonchev–Trinajstić information content (AvgIpc) is 2.82. The molecule has 0 aliphatic carbocycles. The Labute approximate surface area is 189 Å². The van der Waals surface area contributed by atoms with Crippen molar-refractivity contribution in [1.82, 2.24) is 0 Å². The van der Waals surface area contributed by atoms with Gasteiger partial charge >= 0.3 is 0 Å². The Balaban J connectivity index is 1.65. The van der Waals surface area contributed by atoms with Crippen molar-refractivity contribution in [2.75, 3.05) is 0 Å². The monoisotopic (exact) mass is 440 g/mol. The average molecular weight is 441 g/mol. The van der Waals surface area contributed by atoms with Crippen LogP contribution in [-0.2, 0) is 0 Å². The van der Waals surface area contributed by atoms with Gasteiger partial charge in [0.05, 0.1) is 0 Å². The molecule has 31 heavy (non-hydrogen) atoms. The molecule has 0 N–H and O–H groups in total. The summed E-state index contributed by atoms with van der Waals surface area (Å²) in [7, 11) is -0.794. The van der Waals surface area contributed by atoms with E-state index in [1.807, 2.05) is 0 Å². The van der Waals surface area contributed by atoms with E-state index in [2.05, 4.69) is 135 Å². The summed E-state index contributed by atoms with van der Waals surface area (Å²) in [6.07, 6.45) is 1.21. The van der Waals surface area contributed by atoms with Crippen LogP contribution in [0.2, 0.25) is 0 Å². The Hall–Kier alpha value is -2.26. The predicted octanol–water partition coefficient (Wildman–Crippen LogP) is 6.42. The standard InChI is InChI=1S/C29H30P2/c1-24(30(26-15-7-3-8-16-26)27-17-9-4-10-18-27)23-25(2)31(28-19-11-5-12-20-28)29-21-13-6-14-22-29/h3-22,24-25H,23H2,1-2H3/t24-,25?/m1/s1. The molecular weight excluding hydrogens is 410 g/mol. The van der Waals surface area contributed by atoms with Crippen molar-refractivity contribution < 1.29 is 0 Å². The molecule has 0 spiro atoms. The van der Waals surface area contributed by atoms with Crippen molar-refractivity contribution in [1.29, 1.82) is 0 Å². The maximum atomic E-state index is 2.46. The predicted molar refractivity (Wildman–Crippen MR) is 142 cm³/mol. The fourth-order valence-electron chi connectivity index (χ4n) is 4.37. The van der Waals surface area contributed by atoms with Gasteiger partial charge in [0.2, 0.25) is 0 Å². The van der Waals surface area contributed by atoms with Gasteiger partial charge in [-0.2, -0.15) is 0 Å². The van der Waals surface area contributed by atoms with Crippen molar-refractivity contribution in [3.63, 3.8) is 0 Å². The van der Waals surface area contributed by atoms with Crippen LogP contribution in [0.1, 0.15) is 20.3 Å². The van der Waals surface area contributed by atoms with Crippen molar-refractivity contribution in [3.05, 3.63) is 121 Å². The molecule has 2 atom stereocenters. The van der Waals surface area contributed by atoms with Gasteiger partial charge in [0.15, 0.2) is 0 Å². The van der Waals surface area contributed by atoms with E-state index in [1.165, 1.54) is 27.6 Å². The summed E-state index contributed by atoms with van der Waals surface area (Å²) in [5.41, 5.74) is 1.21. The van der Waals surface area contributed by atoms with Crippen molar-refractivity contribution in [2.24, 2.45) is 0 Å². The Morgan fingerprint density at radius 3 is 0.871 bits per heavy atom. The zero-order chi connectivity index (χ0) is 21.5. The highest BCUT2D eigenvalue weighted by molar-refractivity contribution is 7.74. The maximum absolute atomic E-state index is 2.46. The second kappa shape index (κ2) is 10.9. The van der Waals surface area contributed by atoms with Crippen LogP contribution in [-0.4, -0.2) is 11.3 Å². The largest absolute Gasteiger partial charge is 0.0622 e. The normalized spacial score (nSPS) is 13.3. The molecule has 4 aromatic carbocycles. The van der Waals surface area contributed by atoms with Crippen LogP contribution in [0.3, 0.4) is 0 Å². The minimum Gasteiger partial charge on any atom is -0.0622 e. The van der Waals surface area contributed by atoms with Gasteiger partial charge in [0.1, 0.15) is 0 Å². The Morgan fingerprint density at radius 2 is 0.645 bits per heavy atom. The third-order valence-electron chi connectivity index (χ3n) is 5.70. The number of hydrogen-bond donors (Lipinski definition) is 0. The molecule has 0 fully saturated rings. The minimum absolute atomic E-state index is 0.397. The topological polar surface area (TPSA) is 0 Å². The molecule has 0 aromatic heterocycles. The van der Waals surface area contributed by atoms with Crippen LogP contribution >= 0.6 is 15.8 Å². The number of hydrogen-bond acceptors (Lipinski definition) is 0. The maximum Gasteiger partial charge on any atom is -0.0151 e. The van der Waals surface area contributed by atoms with Crippen molar-refractivity contribution in [3.8, 4) is 0 Å². The first kappa shape index (κ1) is 22.0. The van der Waals surface area contributed by atoms with Crippen molar-refractivity contribution in [2.45, 2.75) is 31.6 Å². The van der Waals surface area contributed by atoms with Crippen LogP contribution in [0.5, 0.6) is 0 Å². The van der Waals surface area contributed by atoms with E-state index in [0.717, 1.165) is 0 Å². The summed E-state index contributed by atoms with van der Waals surface area (Å²) in [5.74, 6) is 0.